The van der Waals surface area contributed by atoms with Gasteiger partial charge >= 0.3 is 0 Å². The van der Waals surface area contributed by atoms with Crippen LogP contribution in [0.5, 0.6) is 5.75 Å². The predicted molar refractivity (Wildman–Crippen MR) is 65.1 cm³/mol. The lowest BCUT2D eigenvalue weighted by atomic mass is 10.4. The van der Waals surface area contributed by atoms with Crippen molar-refractivity contribution < 1.29 is 4.74 Å². The normalized spacial score (nSPS) is 10.1. The first-order valence-corrected chi connectivity index (χ1v) is 6.06. The molecule has 0 unspecified atom stereocenters. The maximum atomic E-state index is 5.52. The third kappa shape index (κ3) is 3.81. The number of rotatable bonds is 4. The summed E-state index contributed by atoms with van der Waals surface area (Å²) in [5.74, 6) is 0.828. The molecule has 0 radical (unpaired) electrons. The average molecular weight is 356 g/mol. The first-order valence-electron chi connectivity index (χ1n) is 4.19. The van der Waals surface area contributed by atoms with E-state index in [-0.39, 0.29) is 0 Å². The lowest BCUT2D eigenvalue weighted by Crippen LogP contribution is -1.98. The van der Waals surface area contributed by atoms with Crippen LogP contribution in [0.1, 0.15) is 19.8 Å². The summed E-state index contributed by atoms with van der Waals surface area (Å²) in [6.07, 6.45) is 2.23. The van der Waals surface area contributed by atoms with E-state index in [0.29, 0.717) is 0 Å². The molecule has 1 rings (SSSR count). The molecule has 0 aliphatic rings. The minimum Gasteiger partial charge on any atom is -0.491 e. The van der Waals surface area contributed by atoms with E-state index in [9.17, 15) is 0 Å². The van der Waals surface area contributed by atoms with Crippen molar-refractivity contribution in [3.63, 3.8) is 0 Å². The topological polar surface area (TPSA) is 22.1 Å². The van der Waals surface area contributed by atoms with Crippen LogP contribution in [0.15, 0.2) is 16.7 Å². The van der Waals surface area contributed by atoms with Crippen LogP contribution in [0, 0.1) is 3.70 Å². The molecule has 0 saturated heterocycles. The third-order valence-corrected chi connectivity index (χ3v) is 2.70. The summed E-state index contributed by atoms with van der Waals surface area (Å²) >= 11 is 5.53. The highest BCUT2D eigenvalue weighted by atomic mass is 127. The Morgan fingerprint density at radius 3 is 2.92 bits per heavy atom. The van der Waals surface area contributed by atoms with Gasteiger partial charge in [0.1, 0.15) is 8.30 Å². The molecular formula is C9H11BrINO. The van der Waals surface area contributed by atoms with E-state index in [2.05, 4.69) is 50.4 Å². The van der Waals surface area contributed by atoms with Gasteiger partial charge in [0, 0.05) is 0 Å². The van der Waals surface area contributed by atoms with Crippen molar-refractivity contribution in [1.29, 1.82) is 0 Å². The molecule has 0 aromatic carbocycles. The molecule has 1 aromatic rings. The number of ether oxygens (including phenoxy) is 1. The molecule has 13 heavy (non-hydrogen) atoms. The molecule has 4 heteroatoms. The van der Waals surface area contributed by atoms with Gasteiger partial charge < -0.3 is 4.74 Å². The molecule has 1 heterocycles. The van der Waals surface area contributed by atoms with Gasteiger partial charge in [0.25, 0.3) is 0 Å². The van der Waals surface area contributed by atoms with E-state index in [1.807, 2.05) is 12.1 Å². The van der Waals surface area contributed by atoms with Crippen LogP contribution >= 0.6 is 38.5 Å². The van der Waals surface area contributed by atoms with Crippen LogP contribution < -0.4 is 4.74 Å². The molecule has 0 aliphatic carbocycles. The van der Waals surface area contributed by atoms with Crippen molar-refractivity contribution in [2.45, 2.75) is 19.8 Å². The molecule has 0 saturated carbocycles. The molecule has 0 amide bonds. The molecule has 0 fully saturated rings. The highest BCUT2D eigenvalue weighted by Gasteiger charge is 2.01. The number of unbranched alkanes of at least 4 members (excludes halogenated alkanes) is 1. The SMILES string of the molecule is CCCCOc1ccc(I)nc1Br. The average Bonchev–Trinajstić information content (AvgIpc) is 2.09. The van der Waals surface area contributed by atoms with E-state index in [4.69, 9.17) is 4.74 Å². The molecule has 0 N–H and O–H groups in total. The van der Waals surface area contributed by atoms with Gasteiger partial charge in [-0.15, -0.1) is 0 Å². The second kappa shape index (κ2) is 5.80. The first kappa shape index (κ1) is 11.2. The van der Waals surface area contributed by atoms with E-state index in [1.54, 1.807) is 0 Å². The van der Waals surface area contributed by atoms with Gasteiger partial charge in [0.15, 0.2) is 5.75 Å². The molecule has 72 valence electrons. The Labute approximate surface area is 100 Å². The highest BCUT2D eigenvalue weighted by Crippen LogP contribution is 2.23. The summed E-state index contributed by atoms with van der Waals surface area (Å²) in [6.45, 7) is 2.90. The van der Waals surface area contributed by atoms with Gasteiger partial charge in [0.2, 0.25) is 0 Å². The largest absolute Gasteiger partial charge is 0.491 e. The summed E-state index contributed by atoms with van der Waals surface area (Å²) in [6, 6.07) is 3.88. The van der Waals surface area contributed by atoms with Crippen molar-refractivity contribution in [3.05, 3.63) is 20.4 Å². The third-order valence-electron chi connectivity index (χ3n) is 1.54. The summed E-state index contributed by atoms with van der Waals surface area (Å²) in [5.41, 5.74) is 0. The summed E-state index contributed by atoms with van der Waals surface area (Å²) in [7, 11) is 0. The first-order chi connectivity index (χ1) is 6.24. The van der Waals surface area contributed by atoms with E-state index in [0.717, 1.165) is 33.5 Å². The Morgan fingerprint density at radius 1 is 1.54 bits per heavy atom. The fourth-order valence-corrected chi connectivity index (χ4v) is 2.02. The van der Waals surface area contributed by atoms with Crippen molar-refractivity contribution in [3.8, 4) is 5.75 Å². The molecule has 0 spiro atoms. The van der Waals surface area contributed by atoms with Gasteiger partial charge in [0.05, 0.1) is 6.61 Å². The minimum absolute atomic E-state index is 0.761. The van der Waals surface area contributed by atoms with Crippen LogP contribution in [-0.4, -0.2) is 11.6 Å². The van der Waals surface area contributed by atoms with Gasteiger partial charge in [-0.1, -0.05) is 13.3 Å². The Hall–Kier alpha value is 0.160. The lowest BCUT2D eigenvalue weighted by molar-refractivity contribution is 0.306. The Bertz CT molecular complexity index is 280. The fraction of sp³-hybridized carbons (Fsp3) is 0.444. The van der Waals surface area contributed by atoms with Crippen molar-refractivity contribution in [1.82, 2.24) is 4.98 Å². The second-order valence-electron chi connectivity index (χ2n) is 2.62. The lowest BCUT2D eigenvalue weighted by Gasteiger charge is -2.06. The summed E-state index contributed by atoms with van der Waals surface area (Å²) < 4.78 is 7.27. The Kier molecular flexibility index (Phi) is 5.01. The van der Waals surface area contributed by atoms with Crippen LogP contribution in [-0.2, 0) is 0 Å². The zero-order valence-corrected chi connectivity index (χ0v) is 11.1. The van der Waals surface area contributed by atoms with Crippen molar-refractivity contribution >= 4 is 38.5 Å². The number of hydrogen-bond acceptors (Lipinski definition) is 2. The number of hydrogen-bond donors (Lipinski definition) is 0. The second-order valence-corrected chi connectivity index (χ2v) is 4.48. The fourth-order valence-electron chi connectivity index (χ4n) is 0.833. The Morgan fingerprint density at radius 2 is 2.31 bits per heavy atom. The number of pyridine rings is 1. The molecule has 1 aromatic heterocycles. The Balaban J connectivity index is 2.56. The van der Waals surface area contributed by atoms with Crippen LogP contribution in [0.25, 0.3) is 0 Å². The number of aromatic nitrogens is 1. The zero-order valence-electron chi connectivity index (χ0n) is 7.39. The summed E-state index contributed by atoms with van der Waals surface area (Å²) in [5, 5.41) is 0. The van der Waals surface area contributed by atoms with Gasteiger partial charge in [-0.05, 0) is 57.1 Å². The smallest absolute Gasteiger partial charge is 0.152 e. The van der Waals surface area contributed by atoms with Crippen LogP contribution in [0.3, 0.4) is 0 Å². The predicted octanol–water partition coefficient (Wildman–Crippen LogP) is 3.63. The van der Waals surface area contributed by atoms with Crippen molar-refractivity contribution in [2.24, 2.45) is 0 Å². The van der Waals surface area contributed by atoms with Gasteiger partial charge in [-0.3, -0.25) is 0 Å². The van der Waals surface area contributed by atoms with Crippen LogP contribution in [0.2, 0.25) is 0 Å². The molecule has 0 atom stereocenters. The molecule has 2 nitrogen and oxygen atoms in total. The maximum Gasteiger partial charge on any atom is 0.152 e. The van der Waals surface area contributed by atoms with Crippen LogP contribution in [0.4, 0.5) is 0 Å². The summed E-state index contributed by atoms with van der Waals surface area (Å²) in [4.78, 5) is 4.23. The van der Waals surface area contributed by atoms with Crippen molar-refractivity contribution in [2.75, 3.05) is 6.61 Å². The van der Waals surface area contributed by atoms with E-state index >= 15 is 0 Å². The van der Waals surface area contributed by atoms with E-state index < -0.39 is 0 Å². The highest BCUT2D eigenvalue weighted by molar-refractivity contribution is 14.1. The number of halogens is 2. The maximum absolute atomic E-state index is 5.52. The molecule has 0 aliphatic heterocycles. The minimum atomic E-state index is 0.761. The van der Waals surface area contributed by atoms with Gasteiger partial charge in [-0.2, -0.15) is 0 Å². The number of nitrogens with zero attached hydrogens (tertiary/aromatic N) is 1. The van der Waals surface area contributed by atoms with Gasteiger partial charge in [-0.25, -0.2) is 4.98 Å². The monoisotopic (exact) mass is 355 g/mol. The van der Waals surface area contributed by atoms with E-state index in [1.165, 1.54) is 0 Å². The quantitative estimate of drug-likeness (QED) is 0.467. The standard InChI is InChI=1S/C9H11BrINO/c1-2-3-6-13-7-4-5-8(11)12-9(7)10/h4-5H,2-3,6H2,1H3. The zero-order chi connectivity index (χ0) is 9.68. The molecular weight excluding hydrogens is 345 g/mol. The molecule has 0 bridgehead atoms.